The van der Waals surface area contributed by atoms with Gasteiger partial charge in [0.05, 0.1) is 55.1 Å². The Morgan fingerprint density at radius 1 is 0.690 bits per heavy atom. The van der Waals surface area contributed by atoms with Crippen LogP contribution in [0.2, 0.25) is 0 Å². The average molecular weight is 968 g/mol. The van der Waals surface area contributed by atoms with Crippen molar-refractivity contribution in [3.8, 4) is 22.5 Å². The van der Waals surface area contributed by atoms with Crippen molar-refractivity contribution in [1.82, 2.24) is 39.5 Å². The van der Waals surface area contributed by atoms with Crippen molar-refractivity contribution in [2.24, 2.45) is 11.8 Å². The summed E-state index contributed by atoms with van der Waals surface area (Å²) in [5.74, 6) is 0.910. The van der Waals surface area contributed by atoms with Gasteiger partial charge < -0.3 is 34.5 Å². The second-order valence-electron chi connectivity index (χ2n) is 21.3. The highest BCUT2D eigenvalue weighted by Gasteiger charge is 2.42. The van der Waals surface area contributed by atoms with Gasteiger partial charge >= 0.3 is 12.2 Å². The Bertz CT molecular complexity index is 2650. The summed E-state index contributed by atoms with van der Waals surface area (Å²) in [5.41, 5.74) is 8.68. The molecule has 3 N–H and O–H groups in total. The first-order chi connectivity index (χ1) is 33.9. The zero-order valence-electron chi connectivity index (χ0n) is 43.2. The molecule has 0 radical (unpaired) electrons. The van der Waals surface area contributed by atoms with Crippen molar-refractivity contribution in [3.05, 3.63) is 114 Å². The van der Waals surface area contributed by atoms with Crippen LogP contribution < -0.4 is 4.90 Å². The van der Waals surface area contributed by atoms with E-state index in [9.17, 15) is 24.3 Å². The summed E-state index contributed by atoms with van der Waals surface area (Å²) < 4.78 is 4.96. The van der Waals surface area contributed by atoms with Crippen LogP contribution in [-0.2, 0) is 19.7 Å². The summed E-state index contributed by atoms with van der Waals surface area (Å²) >= 11 is 0. The summed E-state index contributed by atoms with van der Waals surface area (Å²) in [7, 11) is 2.95. The third-order valence-electron chi connectivity index (χ3n) is 15.1. The maximum Gasteiger partial charge on any atom is 0.409 e. The van der Waals surface area contributed by atoms with Gasteiger partial charge in [0.2, 0.25) is 11.8 Å². The van der Waals surface area contributed by atoms with Crippen molar-refractivity contribution in [2.45, 2.75) is 136 Å². The molecule has 3 fully saturated rings. The second kappa shape index (κ2) is 21.0. The van der Waals surface area contributed by atoms with Gasteiger partial charge in [0.1, 0.15) is 23.7 Å². The van der Waals surface area contributed by atoms with Crippen LogP contribution in [0.15, 0.2) is 85.2 Å². The van der Waals surface area contributed by atoms with Gasteiger partial charge in [-0.15, -0.1) is 0 Å². The van der Waals surface area contributed by atoms with Gasteiger partial charge in [0.25, 0.3) is 0 Å². The molecule has 3 saturated heterocycles. The number of hydrogen-bond acceptors (Lipinski definition) is 8. The van der Waals surface area contributed by atoms with Crippen molar-refractivity contribution in [2.75, 3.05) is 38.7 Å². The molecular weight excluding hydrogens is 895 g/mol. The molecule has 4 amide bonds. The van der Waals surface area contributed by atoms with E-state index in [2.05, 4.69) is 108 Å². The van der Waals surface area contributed by atoms with E-state index in [1.807, 2.05) is 49.9 Å². The van der Waals surface area contributed by atoms with E-state index in [1.165, 1.54) is 39.3 Å². The number of nitrogens with zero attached hydrogens (tertiary/aromatic N) is 7. The van der Waals surface area contributed by atoms with Crippen molar-refractivity contribution < 1.29 is 29.0 Å². The number of rotatable bonds is 14. The van der Waals surface area contributed by atoms with Crippen molar-refractivity contribution in [3.63, 3.8) is 0 Å². The first-order valence-electron chi connectivity index (χ1n) is 25.5. The summed E-state index contributed by atoms with van der Waals surface area (Å²) in [4.78, 5) is 78.1. The first-order valence-corrected chi connectivity index (χ1v) is 25.5. The van der Waals surface area contributed by atoms with Crippen LogP contribution in [0.3, 0.4) is 0 Å². The molecule has 15 heteroatoms. The fourth-order valence-corrected chi connectivity index (χ4v) is 11.4. The SMILES string of the molecule is CCN(C(=O)O)[C@H](C(=O)N1CCC[C@H]1c1ncc(-c2ccc([C@H]3CC[C@H](c4ccc(-c5cnc([C@@H]6CCCN6C(=O)[C@H](C(C)C)N(C)C(=O)OC)[nH]5)cc4)N3c3ccc(C(C)(C)C)cc3)cc2)[nH]1)C(C)C. The Morgan fingerprint density at radius 3 is 1.54 bits per heavy atom. The highest BCUT2D eigenvalue weighted by atomic mass is 16.5. The lowest BCUT2D eigenvalue weighted by atomic mass is 9.87. The number of H-pyrrole nitrogens is 2. The monoisotopic (exact) mass is 968 g/mol. The van der Waals surface area contributed by atoms with E-state index in [0.717, 1.165) is 66.9 Å². The van der Waals surface area contributed by atoms with Gasteiger partial charge in [0.15, 0.2) is 0 Å². The Labute approximate surface area is 419 Å². The van der Waals surface area contributed by atoms with Crippen LogP contribution in [0.4, 0.5) is 15.3 Å². The zero-order chi connectivity index (χ0) is 50.9. The number of likely N-dealkylation sites (N-methyl/N-ethyl adjacent to an activating group) is 2. The number of aromatic nitrogens is 4. The molecule has 0 saturated carbocycles. The lowest BCUT2D eigenvalue weighted by Gasteiger charge is -2.35. The smallest absolute Gasteiger partial charge is 0.409 e. The predicted molar refractivity (Wildman–Crippen MR) is 276 cm³/mol. The van der Waals surface area contributed by atoms with Gasteiger partial charge in [-0.3, -0.25) is 19.4 Å². The zero-order valence-corrected chi connectivity index (χ0v) is 43.2. The Balaban J connectivity index is 1.01. The Morgan fingerprint density at radius 2 is 1.14 bits per heavy atom. The topological polar surface area (TPSA) is 171 Å². The number of ether oxygens (including phenoxy) is 1. The summed E-state index contributed by atoms with van der Waals surface area (Å²) in [5, 5.41) is 9.91. The number of carbonyl (C=O) groups excluding carboxylic acids is 3. The number of carbonyl (C=O) groups is 4. The fraction of sp³-hybridized carbons (Fsp3) is 0.500. The summed E-state index contributed by atoms with van der Waals surface area (Å²) in [6.45, 7) is 17.6. The Kier molecular flexibility index (Phi) is 15.0. The quantitative estimate of drug-likeness (QED) is 0.0979. The number of methoxy groups -OCH3 is 1. The first kappa shape index (κ1) is 50.7. The molecule has 3 aliphatic heterocycles. The van der Waals surface area contributed by atoms with Crippen LogP contribution in [0.25, 0.3) is 22.5 Å². The molecule has 8 rings (SSSR count). The Hall–Kier alpha value is -6.64. The molecule has 71 heavy (non-hydrogen) atoms. The van der Waals surface area contributed by atoms with E-state index >= 15 is 0 Å². The number of benzene rings is 3. The second-order valence-corrected chi connectivity index (χ2v) is 21.3. The standard InChI is InChI=1S/C56H73N9O6/c1-11-62(54(68)69)49(35(4)5)53(67)64-31-13-15-47(64)51-58-33-43(60-51)37-18-22-39(23-19-37)45-29-28-44(65(45)41-26-24-40(25-27-41)56(6,7)8)38-20-16-36(17-21-38)42-32-57-50(59-42)46-14-12-30-63(46)52(66)48(34(2)3)61(9)55(70)71-10/h16-27,32-35,44-49H,11-15,28-31H2,1-10H3,(H,57,59)(H,58,60)(H,68,69)/t44-,45-,46+,47+,48+,49+/m1/s1. The molecule has 5 heterocycles. The number of imidazole rings is 2. The van der Waals surface area contributed by atoms with Gasteiger partial charge in [0, 0.05) is 32.4 Å². The maximum atomic E-state index is 14.0. The molecule has 3 aliphatic rings. The minimum atomic E-state index is -1.09. The molecule has 3 aromatic carbocycles. The number of likely N-dealkylation sites (tertiary alicyclic amines) is 2. The number of anilines is 1. The van der Waals surface area contributed by atoms with Gasteiger partial charge in [-0.1, -0.05) is 109 Å². The highest BCUT2D eigenvalue weighted by molar-refractivity contribution is 5.87. The molecule has 0 unspecified atom stereocenters. The van der Waals surface area contributed by atoms with E-state index in [1.54, 1.807) is 14.0 Å². The van der Waals surface area contributed by atoms with Crippen LogP contribution in [0.1, 0.15) is 146 Å². The lowest BCUT2D eigenvalue weighted by Crippen LogP contribution is -2.53. The average Bonchev–Trinajstić information content (AvgIpc) is 4.22. The number of carboxylic acid groups (broad SMARTS) is 1. The summed E-state index contributed by atoms with van der Waals surface area (Å²) in [6.07, 6.45) is 7.21. The minimum Gasteiger partial charge on any atom is -0.465 e. The number of hydrogen-bond donors (Lipinski definition) is 3. The molecule has 378 valence electrons. The van der Waals surface area contributed by atoms with Crippen molar-refractivity contribution >= 4 is 29.7 Å². The van der Waals surface area contributed by atoms with Crippen LogP contribution in [-0.4, -0.2) is 115 Å². The van der Waals surface area contributed by atoms with Crippen LogP contribution in [0.5, 0.6) is 0 Å². The van der Waals surface area contributed by atoms with E-state index in [-0.39, 0.29) is 59.8 Å². The maximum absolute atomic E-state index is 14.0. The van der Waals surface area contributed by atoms with E-state index in [4.69, 9.17) is 14.7 Å². The molecular formula is C56H73N9O6. The third-order valence-corrected chi connectivity index (χ3v) is 15.1. The van der Waals surface area contributed by atoms with E-state index < -0.39 is 24.3 Å². The fourth-order valence-electron chi connectivity index (χ4n) is 11.4. The molecule has 15 nitrogen and oxygen atoms in total. The molecule has 0 bridgehead atoms. The minimum absolute atomic E-state index is 0.0229. The largest absolute Gasteiger partial charge is 0.465 e. The van der Waals surface area contributed by atoms with Crippen molar-refractivity contribution in [1.29, 1.82) is 0 Å². The highest BCUT2D eigenvalue weighted by Crippen LogP contribution is 2.48. The number of nitrogens with one attached hydrogen (secondary N) is 2. The lowest BCUT2D eigenvalue weighted by molar-refractivity contribution is -0.139. The number of aromatic amines is 2. The van der Waals surface area contributed by atoms with Gasteiger partial charge in [-0.25, -0.2) is 19.6 Å². The van der Waals surface area contributed by atoms with E-state index in [0.29, 0.717) is 18.9 Å². The van der Waals surface area contributed by atoms with Crippen LogP contribution in [0, 0.1) is 11.8 Å². The normalized spacial score (nSPS) is 20.2. The molecule has 0 aliphatic carbocycles. The number of amides is 4. The molecule has 5 aromatic rings. The van der Waals surface area contributed by atoms with Gasteiger partial charge in [-0.2, -0.15) is 0 Å². The summed E-state index contributed by atoms with van der Waals surface area (Å²) in [6, 6.07) is 24.9. The predicted octanol–water partition coefficient (Wildman–Crippen LogP) is 10.9. The van der Waals surface area contributed by atoms with Gasteiger partial charge in [-0.05, 0) is 103 Å². The molecule has 2 aromatic heterocycles. The third kappa shape index (κ3) is 10.3. The molecule has 0 spiro atoms. The van der Waals surface area contributed by atoms with Crippen LogP contribution >= 0.6 is 0 Å². The molecule has 6 atom stereocenters.